The van der Waals surface area contributed by atoms with E-state index in [4.69, 9.17) is 11.0 Å². The Morgan fingerprint density at radius 1 is 0.838 bits per heavy atom. The van der Waals surface area contributed by atoms with E-state index in [-0.39, 0.29) is 0 Å². The van der Waals surface area contributed by atoms with Crippen molar-refractivity contribution in [2.75, 3.05) is 0 Å². The summed E-state index contributed by atoms with van der Waals surface area (Å²) in [4.78, 5) is 3.86. The Morgan fingerprint density at radius 2 is 1.59 bits per heavy atom. The average Bonchev–Trinajstić information content (AvgIpc) is 3.30. The summed E-state index contributed by atoms with van der Waals surface area (Å²) in [5, 5.41) is 2.21. The highest BCUT2D eigenvalue weighted by atomic mass is 16.3. The molecule has 37 heavy (non-hydrogen) atoms. The zero-order valence-corrected chi connectivity index (χ0v) is 22.2. The number of aryl methyl sites for hydroxylation is 4. The number of benzene rings is 3. The van der Waals surface area contributed by atoms with Gasteiger partial charge in [-0.05, 0) is 61.8 Å². The maximum absolute atomic E-state index is 7.85. The van der Waals surface area contributed by atoms with Crippen molar-refractivity contribution in [2.24, 2.45) is 7.05 Å². The van der Waals surface area contributed by atoms with E-state index in [2.05, 4.69) is 73.8 Å². The molecule has 0 unspecified atom stereocenters. The third-order valence-electron chi connectivity index (χ3n) is 8.28. The molecular weight excluding hydrogens is 452 g/mol. The minimum absolute atomic E-state index is 0.620. The van der Waals surface area contributed by atoms with Crippen molar-refractivity contribution in [1.82, 2.24) is 0 Å². The molecule has 2 heterocycles. The van der Waals surface area contributed by atoms with E-state index in [9.17, 15) is 0 Å². The Kier molecular flexibility index (Phi) is 5.84. The normalized spacial score (nSPS) is 14.4. The fourth-order valence-corrected chi connectivity index (χ4v) is 6.56. The van der Waals surface area contributed by atoms with Crippen LogP contribution in [-0.2, 0) is 7.05 Å². The van der Waals surface area contributed by atoms with Gasteiger partial charge in [-0.1, -0.05) is 67.8 Å². The van der Waals surface area contributed by atoms with Gasteiger partial charge in [-0.2, -0.15) is 0 Å². The Hall–Kier alpha value is -3.90. The molecule has 1 aliphatic carbocycles. The smallest absolute Gasteiger partial charge is 0.216 e. The van der Waals surface area contributed by atoms with E-state index in [0.717, 1.165) is 38.6 Å². The number of nitrogens with zero attached hydrogens (tertiary/aromatic N) is 2. The van der Waals surface area contributed by atoms with Crippen LogP contribution in [0.15, 0.2) is 65.2 Å². The summed E-state index contributed by atoms with van der Waals surface area (Å²) in [6.45, 7) is 14.5. The number of hydrogen-bond donors (Lipinski definition) is 0. The largest absolute Gasteiger partial charge is 0.456 e. The van der Waals surface area contributed by atoms with Gasteiger partial charge in [0.25, 0.3) is 0 Å². The quantitative estimate of drug-likeness (QED) is 0.184. The molecule has 0 spiro atoms. The molecule has 184 valence electrons. The van der Waals surface area contributed by atoms with Crippen LogP contribution in [0.4, 0.5) is 5.69 Å². The topological polar surface area (TPSA) is 21.4 Å². The van der Waals surface area contributed by atoms with Crippen LogP contribution in [0.2, 0.25) is 0 Å². The molecule has 0 amide bonds. The first-order valence-electron chi connectivity index (χ1n) is 13.4. The van der Waals surface area contributed by atoms with Crippen molar-refractivity contribution in [3.05, 3.63) is 94.5 Å². The lowest BCUT2D eigenvalue weighted by molar-refractivity contribution is -0.660. The van der Waals surface area contributed by atoms with E-state index < -0.39 is 0 Å². The SMILES string of the molecule is [C-]#[N+]c1ccc2c(oc3c(-c4cc(C5CCCCC5)c(C)c[n+]4C)c(C)cc(C)c32)c1-c1ccccc1. The summed E-state index contributed by atoms with van der Waals surface area (Å²) in [5.41, 5.74) is 11.8. The molecule has 5 aromatic rings. The summed E-state index contributed by atoms with van der Waals surface area (Å²) in [6.07, 6.45) is 8.85. The molecule has 0 atom stereocenters. The molecule has 1 fully saturated rings. The van der Waals surface area contributed by atoms with Crippen molar-refractivity contribution >= 4 is 27.6 Å². The molecule has 0 N–H and O–H groups in total. The molecular formula is C34H33N2O+. The molecule has 2 aromatic heterocycles. The summed E-state index contributed by atoms with van der Waals surface area (Å²) >= 11 is 0. The van der Waals surface area contributed by atoms with Crippen molar-refractivity contribution < 1.29 is 8.98 Å². The molecule has 3 nitrogen and oxygen atoms in total. The first-order valence-corrected chi connectivity index (χ1v) is 13.4. The third-order valence-corrected chi connectivity index (χ3v) is 8.28. The fourth-order valence-electron chi connectivity index (χ4n) is 6.56. The highest BCUT2D eigenvalue weighted by Gasteiger charge is 2.27. The Balaban J connectivity index is 1.67. The van der Waals surface area contributed by atoms with Gasteiger partial charge in [0.15, 0.2) is 11.9 Å². The van der Waals surface area contributed by atoms with E-state index in [1.165, 1.54) is 60.1 Å². The van der Waals surface area contributed by atoms with E-state index in [1.54, 1.807) is 0 Å². The van der Waals surface area contributed by atoms with Gasteiger partial charge in [0.1, 0.15) is 18.2 Å². The van der Waals surface area contributed by atoms with Gasteiger partial charge in [0.05, 0.1) is 12.1 Å². The minimum Gasteiger partial charge on any atom is -0.456 e. The van der Waals surface area contributed by atoms with Crippen LogP contribution < -0.4 is 4.57 Å². The lowest BCUT2D eigenvalue weighted by Crippen LogP contribution is -2.32. The molecule has 0 aliphatic heterocycles. The van der Waals surface area contributed by atoms with Gasteiger partial charge in [-0.25, -0.2) is 9.41 Å². The fraction of sp³-hybridized carbons (Fsp3) is 0.294. The van der Waals surface area contributed by atoms with Crippen molar-refractivity contribution in [3.8, 4) is 22.4 Å². The minimum atomic E-state index is 0.620. The van der Waals surface area contributed by atoms with Crippen LogP contribution in [0.3, 0.4) is 0 Å². The van der Waals surface area contributed by atoms with Gasteiger partial charge >= 0.3 is 0 Å². The molecule has 0 bridgehead atoms. The second-order valence-electron chi connectivity index (χ2n) is 10.7. The van der Waals surface area contributed by atoms with Crippen LogP contribution >= 0.6 is 0 Å². The number of aromatic nitrogens is 1. The molecule has 1 aliphatic rings. The zero-order chi connectivity index (χ0) is 25.7. The number of hydrogen-bond acceptors (Lipinski definition) is 1. The van der Waals surface area contributed by atoms with Crippen molar-refractivity contribution in [2.45, 2.75) is 58.8 Å². The first-order chi connectivity index (χ1) is 18.0. The van der Waals surface area contributed by atoms with E-state index in [1.807, 2.05) is 24.3 Å². The lowest BCUT2D eigenvalue weighted by atomic mass is 9.82. The monoisotopic (exact) mass is 485 g/mol. The van der Waals surface area contributed by atoms with Crippen LogP contribution in [0, 0.1) is 27.3 Å². The number of pyridine rings is 1. The van der Waals surface area contributed by atoms with Gasteiger partial charge in [-0.15, -0.1) is 0 Å². The van der Waals surface area contributed by atoms with Crippen LogP contribution in [0.25, 0.3) is 49.2 Å². The summed E-state index contributed by atoms with van der Waals surface area (Å²) in [6, 6.07) is 18.9. The summed E-state index contributed by atoms with van der Waals surface area (Å²) in [7, 11) is 2.15. The molecule has 1 saturated carbocycles. The standard InChI is InChI=1S/C34H33N2O/c1-21-18-22(2)31(29-19-27(23(3)20-36(29)5)24-12-8-6-9-13-24)34-30(21)26-16-17-28(35-4)32(33(26)37-34)25-14-10-7-11-15-25/h7,10-11,14-20,24H,6,8-9,12-13H2,1-3,5H3/q+1. The Morgan fingerprint density at radius 3 is 2.32 bits per heavy atom. The highest BCUT2D eigenvalue weighted by Crippen LogP contribution is 2.46. The van der Waals surface area contributed by atoms with Crippen LogP contribution in [-0.4, -0.2) is 0 Å². The number of fused-ring (bicyclic) bond motifs is 3. The van der Waals surface area contributed by atoms with Crippen LogP contribution in [0.5, 0.6) is 0 Å². The number of rotatable bonds is 3. The van der Waals surface area contributed by atoms with Crippen molar-refractivity contribution in [1.29, 1.82) is 0 Å². The third kappa shape index (κ3) is 3.83. The number of furan rings is 1. The van der Waals surface area contributed by atoms with Gasteiger partial charge in [0, 0.05) is 28.0 Å². The van der Waals surface area contributed by atoms with Gasteiger partial charge < -0.3 is 4.42 Å². The second-order valence-corrected chi connectivity index (χ2v) is 10.7. The summed E-state index contributed by atoms with van der Waals surface area (Å²) < 4.78 is 9.10. The Bertz CT molecular complexity index is 1700. The van der Waals surface area contributed by atoms with Crippen molar-refractivity contribution in [3.63, 3.8) is 0 Å². The Labute approximate surface area is 219 Å². The molecule has 3 heteroatoms. The van der Waals surface area contributed by atoms with Crippen LogP contribution in [0.1, 0.15) is 60.3 Å². The highest BCUT2D eigenvalue weighted by molar-refractivity contribution is 6.16. The molecule has 3 aromatic carbocycles. The molecule has 0 saturated heterocycles. The lowest BCUT2D eigenvalue weighted by Gasteiger charge is -2.23. The van der Waals surface area contributed by atoms with E-state index >= 15 is 0 Å². The molecule has 6 rings (SSSR count). The van der Waals surface area contributed by atoms with Gasteiger partial charge in [-0.3, -0.25) is 0 Å². The predicted molar refractivity (Wildman–Crippen MR) is 152 cm³/mol. The second kappa shape index (κ2) is 9.20. The average molecular weight is 486 g/mol. The maximum atomic E-state index is 7.85. The van der Waals surface area contributed by atoms with Gasteiger partial charge in [0.2, 0.25) is 5.69 Å². The predicted octanol–water partition coefficient (Wildman–Crippen LogP) is 9.27. The summed E-state index contributed by atoms with van der Waals surface area (Å²) in [5.74, 6) is 0.636. The van der Waals surface area contributed by atoms with E-state index in [0.29, 0.717) is 11.6 Å². The molecule has 0 radical (unpaired) electrons. The maximum Gasteiger partial charge on any atom is 0.216 e. The first kappa shape index (κ1) is 23.5. The zero-order valence-electron chi connectivity index (χ0n) is 22.2.